The molecule has 4 heteroatoms. The first-order chi connectivity index (χ1) is 11.7. The van der Waals surface area contributed by atoms with Crippen LogP contribution in [0.2, 0.25) is 0 Å². The number of ether oxygens (including phenoxy) is 2. The summed E-state index contributed by atoms with van der Waals surface area (Å²) < 4.78 is 11.4. The predicted molar refractivity (Wildman–Crippen MR) is 97.1 cm³/mol. The average Bonchev–Trinajstić information content (AvgIpc) is 2.61. The van der Waals surface area contributed by atoms with Gasteiger partial charge in [0.05, 0.1) is 5.60 Å². The van der Waals surface area contributed by atoms with Gasteiger partial charge in [0.25, 0.3) is 0 Å². The van der Waals surface area contributed by atoms with Gasteiger partial charge < -0.3 is 14.8 Å². The molecule has 1 aromatic carbocycles. The van der Waals surface area contributed by atoms with Crippen molar-refractivity contribution in [2.24, 2.45) is 5.92 Å². The molecule has 1 N–H and O–H groups in total. The highest BCUT2D eigenvalue weighted by atomic mass is 16.5. The van der Waals surface area contributed by atoms with Crippen LogP contribution >= 0.6 is 0 Å². The molecular formula is C20H32N2O2. The lowest BCUT2D eigenvalue weighted by atomic mass is 9.91. The van der Waals surface area contributed by atoms with E-state index in [0.717, 1.165) is 51.6 Å². The Labute approximate surface area is 146 Å². The maximum atomic E-state index is 5.86. The van der Waals surface area contributed by atoms with E-state index in [1.165, 1.54) is 18.5 Å². The van der Waals surface area contributed by atoms with E-state index in [-0.39, 0.29) is 5.60 Å². The summed E-state index contributed by atoms with van der Waals surface area (Å²) in [6.07, 6.45) is 3.24. The van der Waals surface area contributed by atoms with Crippen molar-refractivity contribution < 1.29 is 9.47 Å². The Balaban J connectivity index is 1.53. The van der Waals surface area contributed by atoms with Crippen molar-refractivity contribution in [1.82, 2.24) is 10.2 Å². The van der Waals surface area contributed by atoms with E-state index in [9.17, 15) is 0 Å². The molecule has 0 radical (unpaired) electrons. The molecule has 4 nitrogen and oxygen atoms in total. The zero-order valence-electron chi connectivity index (χ0n) is 15.2. The molecule has 134 valence electrons. The van der Waals surface area contributed by atoms with Gasteiger partial charge in [-0.1, -0.05) is 37.3 Å². The van der Waals surface area contributed by atoms with Gasteiger partial charge >= 0.3 is 0 Å². The van der Waals surface area contributed by atoms with E-state index in [1.807, 2.05) is 7.11 Å². The molecule has 24 heavy (non-hydrogen) atoms. The van der Waals surface area contributed by atoms with Gasteiger partial charge in [0.15, 0.2) is 0 Å². The molecule has 1 aromatic rings. The average molecular weight is 332 g/mol. The minimum Gasteiger partial charge on any atom is -0.381 e. The van der Waals surface area contributed by atoms with Crippen molar-refractivity contribution in [2.75, 3.05) is 40.0 Å². The number of hydrogen-bond donors (Lipinski definition) is 1. The van der Waals surface area contributed by atoms with Crippen molar-refractivity contribution in [1.29, 1.82) is 0 Å². The summed E-state index contributed by atoms with van der Waals surface area (Å²) in [5.41, 5.74) is 1.37. The van der Waals surface area contributed by atoms with Crippen LogP contribution in [0.4, 0.5) is 0 Å². The van der Waals surface area contributed by atoms with Crippen LogP contribution in [0.3, 0.4) is 0 Å². The number of likely N-dealkylation sites (tertiary alicyclic amines) is 1. The Kier molecular flexibility index (Phi) is 6.28. The number of piperidine rings is 1. The first-order valence-corrected chi connectivity index (χ1v) is 9.32. The van der Waals surface area contributed by atoms with Crippen molar-refractivity contribution in [2.45, 2.75) is 44.4 Å². The van der Waals surface area contributed by atoms with E-state index < -0.39 is 0 Å². The topological polar surface area (TPSA) is 33.7 Å². The highest BCUT2D eigenvalue weighted by Crippen LogP contribution is 2.25. The summed E-state index contributed by atoms with van der Waals surface area (Å²) in [4.78, 5) is 2.59. The first kappa shape index (κ1) is 17.9. The second-order valence-electron chi connectivity index (χ2n) is 7.60. The van der Waals surface area contributed by atoms with Crippen LogP contribution in [-0.4, -0.2) is 56.5 Å². The molecule has 0 amide bonds. The molecule has 2 aliphatic rings. The number of nitrogens with zero attached hydrogens (tertiary/aromatic N) is 1. The SMILES string of the molecule is COC1(CN[C@H]2C[C@@H](C)CN(Cc3ccccc3)C2)CCOCC1. The smallest absolute Gasteiger partial charge is 0.0846 e. The minimum atomic E-state index is -0.0385. The predicted octanol–water partition coefficient (Wildman–Crippen LogP) is 2.68. The van der Waals surface area contributed by atoms with Crippen LogP contribution in [0, 0.1) is 5.92 Å². The Hall–Kier alpha value is -0.940. The fraction of sp³-hybridized carbons (Fsp3) is 0.700. The van der Waals surface area contributed by atoms with Gasteiger partial charge in [-0.05, 0) is 17.9 Å². The van der Waals surface area contributed by atoms with E-state index in [4.69, 9.17) is 9.47 Å². The fourth-order valence-electron chi connectivity index (χ4n) is 4.11. The van der Waals surface area contributed by atoms with Gasteiger partial charge in [0.1, 0.15) is 0 Å². The third-order valence-electron chi connectivity index (χ3n) is 5.53. The molecular weight excluding hydrogens is 300 g/mol. The van der Waals surface area contributed by atoms with Crippen LogP contribution in [0.1, 0.15) is 31.7 Å². The highest BCUT2D eigenvalue weighted by Gasteiger charge is 2.34. The summed E-state index contributed by atoms with van der Waals surface area (Å²) >= 11 is 0. The molecule has 0 aliphatic carbocycles. The summed E-state index contributed by atoms with van der Waals surface area (Å²) in [7, 11) is 1.85. The molecule has 3 rings (SSSR count). The van der Waals surface area contributed by atoms with Crippen LogP contribution in [-0.2, 0) is 16.0 Å². The van der Waals surface area contributed by atoms with Gasteiger partial charge in [0, 0.05) is 65.4 Å². The van der Waals surface area contributed by atoms with Crippen molar-refractivity contribution in [3.05, 3.63) is 35.9 Å². The maximum absolute atomic E-state index is 5.86. The van der Waals surface area contributed by atoms with Crippen LogP contribution < -0.4 is 5.32 Å². The Bertz CT molecular complexity index is 488. The fourth-order valence-corrected chi connectivity index (χ4v) is 4.11. The third-order valence-corrected chi connectivity index (χ3v) is 5.53. The van der Waals surface area contributed by atoms with Crippen LogP contribution in [0.5, 0.6) is 0 Å². The maximum Gasteiger partial charge on any atom is 0.0846 e. The largest absolute Gasteiger partial charge is 0.381 e. The highest BCUT2D eigenvalue weighted by molar-refractivity contribution is 5.14. The Morgan fingerprint density at radius 2 is 1.96 bits per heavy atom. The normalized spacial score (nSPS) is 27.9. The summed E-state index contributed by atoms with van der Waals surface area (Å²) in [5, 5.41) is 3.81. The van der Waals surface area contributed by atoms with Gasteiger partial charge in [-0.3, -0.25) is 4.90 Å². The zero-order chi connectivity index (χ0) is 16.8. The molecule has 2 heterocycles. The summed E-state index contributed by atoms with van der Waals surface area (Å²) in [6.45, 7) is 8.29. The molecule has 0 bridgehead atoms. The van der Waals surface area contributed by atoms with Gasteiger partial charge in [-0.15, -0.1) is 0 Å². The molecule has 0 unspecified atom stereocenters. The molecule has 0 aromatic heterocycles. The van der Waals surface area contributed by atoms with Crippen LogP contribution in [0.25, 0.3) is 0 Å². The van der Waals surface area contributed by atoms with Gasteiger partial charge in [-0.25, -0.2) is 0 Å². The number of benzene rings is 1. The van der Waals surface area contributed by atoms with Gasteiger partial charge in [-0.2, -0.15) is 0 Å². The first-order valence-electron chi connectivity index (χ1n) is 9.32. The monoisotopic (exact) mass is 332 g/mol. The minimum absolute atomic E-state index is 0.0385. The summed E-state index contributed by atoms with van der Waals surface area (Å²) in [5.74, 6) is 0.730. The number of rotatable bonds is 6. The number of nitrogens with one attached hydrogen (secondary N) is 1. The summed E-state index contributed by atoms with van der Waals surface area (Å²) in [6, 6.07) is 11.3. The molecule has 0 spiro atoms. The van der Waals surface area contributed by atoms with E-state index in [2.05, 4.69) is 47.5 Å². The number of hydrogen-bond acceptors (Lipinski definition) is 4. The van der Waals surface area contributed by atoms with Gasteiger partial charge in [0.2, 0.25) is 0 Å². The van der Waals surface area contributed by atoms with Crippen LogP contribution in [0.15, 0.2) is 30.3 Å². The second-order valence-corrected chi connectivity index (χ2v) is 7.60. The quantitative estimate of drug-likeness (QED) is 0.868. The van der Waals surface area contributed by atoms with E-state index in [0.29, 0.717) is 6.04 Å². The molecule has 2 aliphatic heterocycles. The van der Waals surface area contributed by atoms with E-state index in [1.54, 1.807) is 0 Å². The lowest BCUT2D eigenvalue weighted by Gasteiger charge is -2.41. The molecule has 2 fully saturated rings. The Morgan fingerprint density at radius 3 is 2.67 bits per heavy atom. The standard InChI is InChI=1S/C20H32N2O2/c1-17-12-19(21-16-20(23-2)8-10-24-11-9-20)15-22(13-17)14-18-6-4-3-5-7-18/h3-7,17,19,21H,8-16H2,1-2H3/t17-,19+/m1/s1. The lowest BCUT2D eigenvalue weighted by molar-refractivity contribution is -0.0896. The third kappa shape index (κ3) is 4.79. The molecule has 2 atom stereocenters. The van der Waals surface area contributed by atoms with E-state index >= 15 is 0 Å². The Morgan fingerprint density at radius 1 is 1.21 bits per heavy atom. The second kappa shape index (κ2) is 8.43. The van der Waals surface area contributed by atoms with Crippen molar-refractivity contribution in [3.63, 3.8) is 0 Å². The zero-order valence-corrected chi connectivity index (χ0v) is 15.2. The van der Waals surface area contributed by atoms with Crippen molar-refractivity contribution in [3.8, 4) is 0 Å². The molecule has 0 saturated carbocycles. The number of methoxy groups -OCH3 is 1. The van der Waals surface area contributed by atoms with Crippen molar-refractivity contribution >= 4 is 0 Å². The lowest BCUT2D eigenvalue weighted by Crippen LogP contribution is -2.54. The molecule has 2 saturated heterocycles.